The molecule has 1 aromatic carbocycles. The van der Waals surface area contributed by atoms with Gasteiger partial charge in [0.05, 0.1) is 16.9 Å². The molecule has 0 N–H and O–H groups in total. The van der Waals surface area contributed by atoms with Crippen LogP contribution in [0, 0.1) is 6.92 Å². The molecule has 0 aliphatic carbocycles. The standard InChI is InChI=1S/C20H22N4O3.Na/c1-14-19-16(21-24(20(19)27)15-7-3-2-4-8-15)13-18(26)23(14)12-6-11-22-10-5-9-17(22)25;/h2-4,7-8,13,26H,5-6,9-12H2,1H3;/q;+1/p-1. The van der Waals surface area contributed by atoms with Crippen LogP contribution in [-0.2, 0) is 11.3 Å². The third kappa shape index (κ3) is 3.74. The largest absolute Gasteiger partial charge is 1.00 e. The van der Waals surface area contributed by atoms with Crippen molar-refractivity contribution in [1.82, 2.24) is 19.2 Å². The Morgan fingerprint density at radius 2 is 1.89 bits per heavy atom. The van der Waals surface area contributed by atoms with E-state index in [1.807, 2.05) is 35.2 Å². The monoisotopic (exact) mass is 388 g/mol. The first kappa shape index (κ1) is 20.6. The van der Waals surface area contributed by atoms with E-state index in [1.54, 1.807) is 11.5 Å². The van der Waals surface area contributed by atoms with Gasteiger partial charge in [-0.05, 0) is 43.8 Å². The number of likely N-dealkylation sites (tertiary alicyclic amines) is 1. The molecule has 0 bridgehead atoms. The molecule has 3 heterocycles. The third-order valence-corrected chi connectivity index (χ3v) is 5.14. The van der Waals surface area contributed by atoms with Crippen molar-refractivity contribution in [3.05, 3.63) is 52.4 Å². The molecule has 0 aromatic heterocycles. The topological polar surface area (TPSA) is 83.2 Å². The summed E-state index contributed by atoms with van der Waals surface area (Å²) in [6, 6.07) is 10.6. The summed E-state index contributed by atoms with van der Waals surface area (Å²) in [6.07, 6.45) is 2.20. The van der Waals surface area contributed by atoms with Crippen molar-refractivity contribution < 1.29 is 39.5 Å². The first-order valence-corrected chi connectivity index (χ1v) is 9.19. The van der Waals surface area contributed by atoms with Crippen LogP contribution < -0.4 is 40.2 Å². The quantitative estimate of drug-likeness (QED) is 0.500. The summed E-state index contributed by atoms with van der Waals surface area (Å²) in [4.78, 5) is 26.4. The second-order valence-corrected chi connectivity index (χ2v) is 6.87. The Kier molecular flexibility index (Phi) is 6.27. The molecule has 140 valence electrons. The van der Waals surface area contributed by atoms with E-state index in [2.05, 4.69) is 5.10 Å². The smallest absolute Gasteiger partial charge is 0.860 e. The Morgan fingerprint density at radius 3 is 2.57 bits per heavy atom. The SMILES string of the molecule is Cc1c2c(=O)n(-c3ccccc3)nc-2cc([O-])n1CCCN1CCCC1=O.[Na+]. The third-order valence-electron chi connectivity index (χ3n) is 5.14. The Morgan fingerprint density at radius 1 is 1.14 bits per heavy atom. The molecule has 28 heavy (non-hydrogen) atoms. The molecular weight excluding hydrogens is 367 g/mol. The van der Waals surface area contributed by atoms with Gasteiger partial charge in [-0.3, -0.25) is 9.59 Å². The summed E-state index contributed by atoms with van der Waals surface area (Å²) in [7, 11) is 0. The van der Waals surface area contributed by atoms with Crippen LogP contribution in [0.3, 0.4) is 0 Å². The minimum Gasteiger partial charge on any atom is -0.860 e. The maximum atomic E-state index is 12.9. The van der Waals surface area contributed by atoms with E-state index in [0.29, 0.717) is 48.6 Å². The first-order chi connectivity index (χ1) is 13.1. The molecule has 0 unspecified atom stereocenters. The van der Waals surface area contributed by atoms with Crippen LogP contribution >= 0.6 is 0 Å². The van der Waals surface area contributed by atoms with Gasteiger partial charge in [0.2, 0.25) is 5.91 Å². The molecule has 1 fully saturated rings. The average Bonchev–Trinajstić information content (AvgIpc) is 3.21. The Balaban J connectivity index is 0.00000225. The van der Waals surface area contributed by atoms with Crippen molar-refractivity contribution in [2.75, 3.05) is 13.1 Å². The molecule has 4 rings (SSSR count). The van der Waals surface area contributed by atoms with E-state index in [9.17, 15) is 14.7 Å². The second-order valence-electron chi connectivity index (χ2n) is 6.87. The van der Waals surface area contributed by atoms with Gasteiger partial charge in [0.15, 0.2) is 0 Å². The second kappa shape index (κ2) is 8.51. The minimum absolute atomic E-state index is 0. The van der Waals surface area contributed by atoms with Crippen LogP contribution in [0.2, 0.25) is 0 Å². The van der Waals surface area contributed by atoms with Gasteiger partial charge in [-0.15, -0.1) is 0 Å². The normalized spacial score (nSPS) is 13.9. The molecule has 0 radical (unpaired) electrons. The molecule has 1 saturated heterocycles. The summed E-state index contributed by atoms with van der Waals surface area (Å²) < 4.78 is 2.95. The van der Waals surface area contributed by atoms with Crippen molar-refractivity contribution in [2.24, 2.45) is 0 Å². The number of rotatable bonds is 5. The number of aromatic nitrogens is 3. The van der Waals surface area contributed by atoms with Crippen molar-refractivity contribution in [3.8, 4) is 22.8 Å². The minimum atomic E-state index is -0.225. The van der Waals surface area contributed by atoms with Gasteiger partial charge in [0, 0.05) is 31.7 Å². The molecule has 0 atom stereocenters. The molecule has 0 saturated carbocycles. The molecular formula is C20H21N4NaO3. The number of hydrogen-bond acceptors (Lipinski definition) is 4. The number of pyridine rings is 1. The molecule has 0 spiro atoms. The molecule has 7 nitrogen and oxygen atoms in total. The van der Waals surface area contributed by atoms with Crippen molar-refractivity contribution in [1.29, 1.82) is 0 Å². The summed E-state index contributed by atoms with van der Waals surface area (Å²) in [5, 5.41) is 16.9. The summed E-state index contributed by atoms with van der Waals surface area (Å²) in [5.74, 6) is 0.00552. The van der Waals surface area contributed by atoms with Crippen LogP contribution in [-0.4, -0.2) is 38.2 Å². The molecule has 1 amide bonds. The maximum absolute atomic E-state index is 12.9. The van der Waals surface area contributed by atoms with Crippen LogP contribution in [0.4, 0.5) is 0 Å². The Hall–Kier alpha value is -2.09. The Bertz CT molecular complexity index is 1010. The predicted octanol–water partition coefficient (Wildman–Crippen LogP) is -1.46. The van der Waals surface area contributed by atoms with Gasteiger partial charge in [-0.25, -0.2) is 0 Å². The number of para-hydroxylation sites is 1. The van der Waals surface area contributed by atoms with Crippen molar-refractivity contribution in [3.63, 3.8) is 0 Å². The van der Waals surface area contributed by atoms with E-state index >= 15 is 0 Å². The molecule has 1 aromatic rings. The van der Waals surface area contributed by atoms with E-state index in [0.717, 1.165) is 13.0 Å². The van der Waals surface area contributed by atoms with Gasteiger partial charge >= 0.3 is 29.6 Å². The predicted molar refractivity (Wildman–Crippen MR) is 99.1 cm³/mol. The zero-order chi connectivity index (χ0) is 19.0. The maximum Gasteiger partial charge on any atom is 1.00 e. The van der Waals surface area contributed by atoms with Crippen molar-refractivity contribution in [2.45, 2.75) is 32.7 Å². The van der Waals surface area contributed by atoms with Gasteiger partial charge < -0.3 is 14.6 Å². The summed E-state index contributed by atoms with van der Waals surface area (Å²) >= 11 is 0. The van der Waals surface area contributed by atoms with Crippen LogP contribution in [0.1, 0.15) is 25.0 Å². The fourth-order valence-corrected chi connectivity index (χ4v) is 3.74. The summed E-state index contributed by atoms with van der Waals surface area (Å²) in [6.45, 7) is 3.68. The molecule has 3 aliphatic heterocycles. The zero-order valence-electron chi connectivity index (χ0n) is 16.2. The fraction of sp³-hybridized carbons (Fsp3) is 0.350. The van der Waals surface area contributed by atoms with E-state index in [4.69, 9.17) is 0 Å². The average molecular weight is 388 g/mol. The van der Waals surface area contributed by atoms with E-state index in [1.165, 1.54) is 10.7 Å². The first-order valence-electron chi connectivity index (χ1n) is 9.19. The number of hydrogen-bond donors (Lipinski definition) is 0. The van der Waals surface area contributed by atoms with Gasteiger partial charge in [-0.1, -0.05) is 18.2 Å². The van der Waals surface area contributed by atoms with E-state index < -0.39 is 0 Å². The van der Waals surface area contributed by atoms with Crippen LogP contribution in [0.5, 0.6) is 5.88 Å². The number of carbonyl (C=O) groups excluding carboxylic acids is 1. The number of nitrogens with zero attached hydrogens (tertiary/aromatic N) is 4. The van der Waals surface area contributed by atoms with Crippen LogP contribution in [0.15, 0.2) is 41.2 Å². The number of fused-ring (bicyclic) bond motifs is 1. The van der Waals surface area contributed by atoms with Crippen molar-refractivity contribution >= 4 is 5.91 Å². The van der Waals surface area contributed by atoms with Gasteiger partial charge in [0.1, 0.15) is 0 Å². The fourth-order valence-electron chi connectivity index (χ4n) is 3.74. The molecule has 3 aliphatic rings. The number of carbonyl (C=O) groups is 1. The van der Waals surface area contributed by atoms with Gasteiger partial charge in [0.25, 0.3) is 5.56 Å². The number of benzene rings is 1. The zero-order valence-corrected chi connectivity index (χ0v) is 18.2. The summed E-state index contributed by atoms with van der Waals surface area (Å²) in [5.41, 5.74) is 1.95. The van der Waals surface area contributed by atoms with E-state index in [-0.39, 0.29) is 46.9 Å². The van der Waals surface area contributed by atoms with Crippen LogP contribution in [0.25, 0.3) is 16.9 Å². The number of amides is 1. The molecule has 8 heteroatoms. The Labute approximate surface area is 185 Å². The van der Waals surface area contributed by atoms with Gasteiger partial charge in [-0.2, -0.15) is 9.78 Å².